The molecule has 18 heavy (non-hydrogen) atoms. The van der Waals surface area contributed by atoms with Gasteiger partial charge in [-0.25, -0.2) is 0 Å². The van der Waals surface area contributed by atoms with Crippen molar-refractivity contribution in [2.75, 3.05) is 12.4 Å². The van der Waals surface area contributed by atoms with Crippen molar-refractivity contribution < 1.29 is 19.6 Å². The van der Waals surface area contributed by atoms with E-state index in [-0.39, 0.29) is 17.8 Å². The predicted octanol–water partition coefficient (Wildman–Crippen LogP) is 1.88. The molecule has 0 amide bonds. The van der Waals surface area contributed by atoms with Gasteiger partial charge in [0.1, 0.15) is 11.4 Å². The highest BCUT2D eigenvalue weighted by Gasteiger charge is 2.17. The third kappa shape index (κ3) is 3.62. The summed E-state index contributed by atoms with van der Waals surface area (Å²) in [5.74, 6) is -0.593. The van der Waals surface area contributed by atoms with E-state index in [0.717, 1.165) is 0 Å². The first kappa shape index (κ1) is 13.8. The molecule has 1 unspecified atom stereocenters. The Kier molecular flexibility index (Phi) is 4.47. The van der Waals surface area contributed by atoms with Crippen LogP contribution in [0.5, 0.6) is 5.75 Å². The zero-order chi connectivity index (χ0) is 13.7. The SMILES string of the molecule is COc1ccc(NC(C)CC(=O)O)c([N+](=O)[O-])c1. The molecule has 1 aromatic rings. The van der Waals surface area contributed by atoms with E-state index in [1.807, 2.05) is 0 Å². The molecule has 7 nitrogen and oxygen atoms in total. The Hall–Kier alpha value is -2.31. The van der Waals surface area contributed by atoms with Crippen LogP contribution >= 0.6 is 0 Å². The van der Waals surface area contributed by atoms with Crippen molar-refractivity contribution in [1.82, 2.24) is 0 Å². The van der Waals surface area contributed by atoms with Crippen LogP contribution in [0.25, 0.3) is 0 Å². The van der Waals surface area contributed by atoms with Gasteiger partial charge in [-0.3, -0.25) is 14.9 Å². The molecule has 0 bridgehead atoms. The van der Waals surface area contributed by atoms with Crippen molar-refractivity contribution in [3.05, 3.63) is 28.3 Å². The number of ether oxygens (including phenoxy) is 1. The standard InChI is InChI=1S/C11H14N2O5/c1-7(5-11(14)15)12-9-4-3-8(18-2)6-10(9)13(16)17/h3-4,6-7,12H,5H2,1-2H3,(H,14,15). The molecule has 1 rings (SSSR count). The maximum absolute atomic E-state index is 10.9. The fourth-order valence-corrected chi connectivity index (χ4v) is 1.49. The second-order valence-corrected chi connectivity index (χ2v) is 3.78. The van der Waals surface area contributed by atoms with Gasteiger partial charge in [0, 0.05) is 6.04 Å². The van der Waals surface area contributed by atoms with Crippen molar-refractivity contribution in [1.29, 1.82) is 0 Å². The lowest BCUT2D eigenvalue weighted by molar-refractivity contribution is -0.384. The lowest BCUT2D eigenvalue weighted by Crippen LogP contribution is -2.19. The van der Waals surface area contributed by atoms with Gasteiger partial charge in [-0.2, -0.15) is 0 Å². The van der Waals surface area contributed by atoms with Gasteiger partial charge >= 0.3 is 5.97 Å². The van der Waals surface area contributed by atoms with E-state index in [9.17, 15) is 14.9 Å². The molecule has 2 N–H and O–H groups in total. The Morgan fingerprint density at radius 3 is 2.78 bits per heavy atom. The second-order valence-electron chi connectivity index (χ2n) is 3.78. The molecule has 0 aliphatic rings. The zero-order valence-corrected chi connectivity index (χ0v) is 10.0. The summed E-state index contributed by atoms with van der Waals surface area (Å²) in [4.78, 5) is 20.9. The molecule has 0 radical (unpaired) electrons. The number of carboxylic acids is 1. The van der Waals surface area contributed by atoms with Crippen LogP contribution in [0.4, 0.5) is 11.4 Å². The normalized spacial score (nSPS) is 11.7. The summed E-state index contributed by atoms with van der Waals surface area (Å²) < 4.78 is 4.90. The number of nitro groups is 1. The van der Waals surface area contributed by atoms with E-state index in [2.05, 4.69) is 5.32 Å². The van der Waals surface area contributed by atoms with Gasteiger partial charge < -0.3 is 15.2 Å². The maximum Gasteiger partial charge on any atom is 0.305 e. The fraction of sp³-hybridized carbons (Fsp3) is 0.364. The zero-order valence-electron chi connectivity index (χ0n) is 10.0. The van der Waals surface area contributed by atoms with E-state index < -0.39 is 16.9 Å². The number of nitrogens with one attached hydrogen (secondary N) is 1. The minimum atomic E-state index is -0.967. The lowest BCUT2D eigenvalue weighted by atomic mass is 10.2. The van der Waals surface area contributed by atoms with Crippen LogP contribution in [0.1, 0.15) is 13.3 Å². The Bertz CT molecular complexity index is 461. The van der Waals surface area contributed by atoms with E-state index in [4.69, 9.17) is 9.84 Å². The molecular weight excluding hydrogens is 240 g/mol. The number of carbonyl (C=O) groups is 1. The summed E-state index contributed by atoms with van der Waals surface area (Å²) >= 11 is 0. The predicted molar refractivity (Wildman–Crippen MR) is 65.0 cm³/mol. The lowest BCUT2D eigenvalue weighted by Gasteiger charge is -2.13. The highest BCUT2D eigenvalue weighted by molar-refractivity contribution is 5.69. The molecule has 0 spiro atoms. The Balaban J connectivity index is 2.94. The number of carboxylic acid groups (broad SMARTS) is 1. The smallest absolute Gasteiger partial charge is 0.305 e. The third-order valence-corrected chi connectivity index (χ3v) is 2.28. The number of hydrogen-bond acceptors (Lipinski definition) is 5. The van der Waals surface area contributed by atoms with Crippen LogP contribution in [0.15, 0.2) is 18.2 Å². The van der Waals surface area contributed by atoms with Crippen LogP contribution in [0.2, 0.25) is 0 Å². The molecule has 0 aromatic heterocycles. The Morgan fingerprint density at radius 1 is 1.61 bits per heavy atom. The average Bonchev–Trinajstić information content (AvgIpc) is 2.28. The van der Waals surface area contributed by atoms with E-state index in [1.54, 1.807) is 13.0 Å². The average molecular weight is 254 g/mol. The van der Waals surface area contributed by atoms with Crippen LogP contribution in [-0.4, -0.2) is 29.2 Å². The minimum Gasteiger partial charge on any atom is -0.496 e. The molecule has 0 saturated carbocycles. The molecule has 0 saturated heterocycles. The van der Waals surface area contributed by atoms with Gasteiger partial charge in [-0.1, -0.05) is 0 Å². The molecule has 0 heterocycles. The van der Waals surface area contributed by atoms with Crippen molar-refractivity contribution in [2.24, 2.45) is 0 Å². The molecule has 7 heteroatoms. The van der Waals surface area contributed by atoms with E-state index >= 15 is 0 Å². The molecule has 0 aliphatic carbocycles. The minimum absolute atomic E-state index is 0.122. The van der Waals surface area contributed by atoms with Crippen molar-refractivity contribution in [3.8, 4) is 5.75 Å². The van der Waals surface area contributed by atoms with Crippen LogP contribution in [0.3, 0.4) is 0 Å². The molecule has 1 atom stereocenters. The molecule has 1 aromatic carbocycles. The van der Waals surface area contributed by atoms with Gasteiger partial charge in [0.25, 0.3) is 5.69 Å². The number of hydrogen-bond donors (Lipinski definition) is 2. The summed E-state index contributed by atoms with van der Waals surface area (Å²) in [6.07, 6.45) is -0.122. The molecule has 0 fully saturated rings. The number of nitro benzene ring substituents is 1. The quantitative estimate of drug-likeness (QED) is 0.593. The van der Waals surface area contributed by atoms with Gasteiger partial charge in [0.05, 0.1) is 24.5 Å². The van der Waals surface area contributed by atoms with Crippen molar-refractivity contribution in [2.45, 2.75) is 19.4 Å². The molecule has 98 valence electrons. The Labute approximate surface area is 104 Å². The van der Waals surface area contributed by atoms with Crippen LogP contribution < -0.4 is 10.1 Å². The van der Waals surface area contributed by atoms with Crippen LogP contribution in [0, 0.1) is 10.1 Å². The Morgan fingerprint density at radius 2 is 2.28 bits per heavy atom. The van der Waals surface area contributed by atoms with E-state index in [0.29, 0.717) is 5.75 Å². The fourth-order valence-electron chi connectivity index (χ4n) is 1.49. The number of aliphatic carboxylic acids is 1. The first-order valence-electron chi connectivity index (χ1n) is 5.24. The van der Waals surface area contributed by atoms with Crippen molar-refractivity contribution in [3.63, 3.8) is 0 Å². The molecule has 0 aliphatic heterocycles. The van der Waals surface area contributed by atoms with Gasteiger partial charge in [-0.15, -0.1) is 0 Å². The number of methoxy groups -OCH3 is 1. The topological polar surface area (TPSA) is 102 Å². The summed E-state index contributed by atoms with van der Waals surface area (Å²) in [5, 5.41) is 22.3. The first-order valence-corrected chi connectivity index (χ1v) is 5.24. The molecular formula is C11H14N2O5. The number of nitrogens with zero attached hydrogens (tertiary/aromatic N) is 1. The number of benzene rings is 1. The van der Waals surface area contributed by atoms with Gasteiger partial charge in [-0.05, 0) is 19.1 Å². The summed E-state index contributed by atoms with van der Waals surface area (Å²) in [6, 6.07) is 3.95. The second kappa shape index (κ2) is 5.85. The highest BCUT2D eigenvalue weighted by Crippen LogP contribution is 2.29. The van der Waals surface area contributed by atoms with E-state index in [1.165, 1.54) is 19.2 Å². The van der Waals surface area contributed by atoms with Gasteiger partial charge in [0.2, 0.25) is 0 Å². The highest BCUT2D eigenvalue weighted by atomic mass is 16.6. The first-order chi connectivity index (χ1) is 8.43. The third-order valence-electron chi connectivity index (χ3n) is 2.28. The monoisotopic (exact) mass is 254 g/mol. The largest absolute Gasteiger partial charge is 0.496 e. The number of rotatable bonds is 6. The number of anilines is 1. The summed E-state index contributed by atoms with van der Waals surface area (Å²) in [7, 11) is 1.42. The van der Waals surface area contributed by atoms with Crippen molar-refractivity contribution >= 4 is 17.3 Å². The summed E-state index contributed by atoms with van der Waals surface area (Å²) in [6.45, 7) is 1.64. The van der Waals surface area contributed by atoms with Crippen LogP contribution in [-0.2, 0) is 4.79 Å². The maximum atomic E-state index is 10.9. The van der Waals surface area contributed by atoms with Gasteiger partial charge in [0.15, 0.2) is 0 Å². The summed E-state index contributed by atoms with van der Waals surface area (Å²) in [5.41, 5.74) is 0.126.